The van der Waals surface area contributed by atoms with Gasteiger partial charge in [0.05, 0.1) is 0 Å². The maximum absolute atomic E-state index is 3.61. The van der Waals surface area contributed by atoms with Crippen molar-refractivity contribution in [1.29, 1.82) is 0 Å². The Morgan fingerprint density at radius 1 is 1.25 bits per heavy atom. The third-order valence-corrected chi connectivity index (χ3v) is 4.58. The lowest BCUT2D eigenvalue weighted by atomic mass is 9.95. The van der Waals surface area contributed by atoms with Crippen molar-refractivity contribution in [2.45, 2.75) is 12.3 Å². The average Bonchev–Trinajstić information content (AvgIpc) is 2.78. The molecule has 0 nitrogen and oxygen atoms in total. The lowest BCUT2D eigenvalue weighted by Gasteiger charge is -2.14. The smallest absolute Gasteiger partial charge is 0.0178 e. The molecule has 0 radical (unpaired) electrons. The molecule has 0 aliphatic heterocycles. The zero-order valence-electron chi connectivity index (χ0n) is 8.70. The summed E-state index contributed by atoms with van der Waals surface area (Å²) in [5.41, 5.74) is 2.81. The minimum absolute atomic E-state index is 0.548. The van der Waals surface area contributed by atoms with Gasteiger partial charge in [-0.15, -0.1) is 0 Å². The number of rotatable bonds is 4. The molecule has 2 aromatic rings. The molecule has 1 aromatic heterocycles. The Bertz CT molecular complexity index is 437. The normalized spacial score (nSPS) is 12.6. The van der Waals surface area contributed by atoms with Crippen molar-refractivity contribution in [3.05, 3.63) is 56.7 Å². The molecule has 1 unspecified atom stereocenters. The first-order chi connectivity index (χ1) is 7.79. The molecule has 0 bridgehead atoms. The molecule has 2 rings (SSSR count). The van der Waals surface area contributed by atoms with Crippen LogP contribution in [0.5, 0.6) is 0 Å². The van der Waals surface area contributed by atoms with Crippen LogP contribution < -0.4 is 0 Å². The molecule has 0 aliphatic rings. The summed E-state index contributed by atoms with van der Waals surface area (Å²) in [5.74, 6) is 0.548. The minimum Gasteiger partial charge on any atom is -0.152 e. The largest absolute Gasteiger partial charge is 0.152 e. The standard InChI is InChI=1S/C13H12Br2S/c14-8-12(6-10-4-5-16-9-10)11-2-1-3-13(15)7-11/h1-5,7,9,12H,6,8H2. The topological polar surface area (TPSA) is 0 Å². The predicted molar refractivity (Wildman–Crippen MR) is 78.7 cm³/mol. The third kappa shape index (κ3) is 3.19. The van der Waals surface area contributed by atoms with E-state index in [9.17, 15) is 0 Å². The van der Waals surface area contributed by atoms with E-state index >= 15 is 0 Å². The minimum atomic E-state index is 0.548. The van der Waals surface area contributed by atoms with Gasteiger partial charge in [0.15, 0.2) is 0 Å². The molecule has 3 heteroatoms. The molecule has 0 spiro atoms. The quantitative estimate of drug-likeness (QED) is 0.655. The second-order valence-electron chi connectivity index (χ2n) is 3.74. The van der Waals surface area contributed by atoms with Gasteiger partial charge in [0.2, 0.25) is 0 Å². The van der Waals surface area contributed by atoms with Crippen molar-refractivity contribution in [3.63, 3.8) is 0 Å². The highest BCUT2D eigenvalue weighted by Crippen LogP contribution is 2.26. The summed E-state index contributed by atoms with van der Waals surface area (Å²) in [6, 6.07) is 10.8. The van der Waals surface area contributed by atoms with E-state index in [4.69, 9.17) is 0 Å². The van der Waals surface area contributed by atoms with E-state index in [-0.39, 0.29) is 0 Å². The molecule has 1 heterocycles. The van der Waals surface area contributed by atoms with Gasteiger partial charge in [-0.05, 0) is 52.4 Å². The molecule has 84 valence electrons. The Morgan fingerprint density at radius 2 is 2.12 bits per heavy atom. The number of alkyl halides is 1. The van der Waals surface area contributed by atoms with E-state index in [1.54, 1.807) is 11.3 Å². The maximum atomic E-state index is 3.61. The molecular weight excluding hydrogens is 348 g/mol. The van der Waals surface area contributed by atoms with E-state index in [2.05, 4.69) is 73.0 Å². The van der Waals surface area contributed by atoms with Gasteiger partial charge >= 0.3 is 0 Å². The molecule has 0 saturated carbocycles. The fourth-order valence-electron chi connectivity index (χ4n) is 1.72. The highest BCUT2D eigenvalue weighted by molar-refractivity contribution is 9.10. The van der Waals surface area contributed by atoms with Crippen molar-refractivity contribution in [2.75, 3.05) is 5.33 Å². The third-order valence-electron chi connectivity index (χ3n) is 2.57. The highest BCUT2D eigenvalue weighted by atomic mass is 79.9. The SMILES string of the molecule is BrCC(Cc1ccsc1)c1cccc(Br)c1. The van der Waals surface area contributed by atoms with Crippen LogP contribution >= 0.6 is 43.2 Å². The maximum Gasteiger partial charge on any atom is 0.0178 e. The first-order valence-corrected chi connectivity index (χ1v) is 7.98. The van der Waals surface area contributed by atoms with Gasteiger partial charge < -0.3 is 0 Å². The van der Waals surface area contributed by atoms with Gasteiger partial charge in [-0.25, -0.2) is 0 Å². The summed E-state index contributed by atoms with van der Waals surface area (Å²) in [7, 11) is 0. The van der Waals surface area contributed by atoms with E-state index in [0.717, 1.165) is 16.2 Å². The van der Waals surface area contributed by atoms with Crippen molar-refractivity contribution < 1.29 is 0 Å². The Balaban J connectivity index is 2.16. The molecule has 0 N–H and O–H groups in total. The lowest BCUT2D eigenvalue weighted by Crippen LogP contribution is -2.03. The summed E-state index contributed by atoms with van der Waals surface area (Å²) in [4.78, 5) is 0. The zero-order valence-corrected chi connectivity index (χ0v) is 12.7. The summed E-state index contributed by atoms with van der Waals surface area (Å²) < 4.78 is 1.15. The summed E-state index contributed by atoms with van der Waals surface area (Å²) in [6.45, 7) is 0. The van der Waals surface area contributed by atoms with Crippen LogP contribution in [0, 0.1) is 0 Å². The second-order valence-corrected chi connectivity index (χ2v) is 6.09. The van der Waals surface area contributed by atoms with Gasteiger partial charge in [-0.2, -0.15) is 11.3 Å². The van der Waals surface area contributed by atoms with Gasteiger partial charge in [-0.3, -0.25) is 0 Å². The fourth-order valence-corrected chi connectivity index (χ4v) is 3.42. The van der Waals surface area contributed by atoms with Crippen molar-refractivity contribution in [3.8, 4) is 0 Å². The van der Waals surface area contributed by atoms with Gasteiger partial charge in [0.25, 0.3) is 0 Å². The average molecular weight is 360 g/mol. The Hall–Kier alpha value is -0.120. The summed E-state index contributed by atoms with van der Waals surface area (Å²) in [5, 5.41) is 5.37. The Kier molecular flexibility index (Phi) is 4.62. The summed E-state index contributed by atoms with van der Waals surface area (Å²) >= 11 is 8.90. The zero-order chi connectivity index (χ0) is 11.4. The number of hydrogen-bond donors (Lipinski definition) is 0. The van der Waals surface area contributed by atoms with E-state index in [0.29, 0.717) is 5.92 Å². The van der Waals surface area contributed by atoms with Crippen LogP contribution in [0.15, 0.2) is 45.6 Å². The van der Waals surface area contributed by atoms with E-state index in [1.807, 2.05) is 0 Å². The van der Waals surface area contributed by atoms with Crippen molar-refractivity contribution >= 4 is 43.2 Å². The fraction of sp³-hybridized carbons (Fsp3) is 0.231. The molecule has 0 fully saturated rings. The van der Waals surface area contributed by atoms with Crippen LogP contribution in [0.1, 0.15) is 17.0 Å². The lowest BCUT2D eigenvalue weighted by molar-refractivity contribution is 0.777. The van der Waals surface area contributed by atoms with Gasteiger partial charge in [0, 0.05) is 9.80 Å². The molecule has 1 atom stereocenters. The number of halogens is 2. The molecular formula is C13H12Br2S. The van der Waals surface area contributed by atoms with Crippen LogP contribution in [-0.4, -0.2) is 5.33 Å². The van der Waals surface area contributed by atoms with Crippen LogP contribution in [0.4, 0.5) is 0 Å². The van der Waals surface area contributed by atoms with Crippen LogP contribution in [0.2, 0.25) is 0 Å². The van der Waals surface area contributed by atoms with E-state index in [1.165, 1.54) is 11.1 Å². The predicted octanol–water partition coefficient (Wildman–Crippen LogP) is 5.23. The van der Waals surface area contributed by atoms with Crippen LogP contribution in [-0.2, 0) is 6.42 Å². The Morgan fingerprint density at radius 3 is 2.75 bits per heavy atom. The molecule has 0 saturated heterocycles. The molecule has 16 heavy (non-hydrogen) atoms. The Labute approximate surface area is 117 Å². The highest BCUT2D eigenvalue weighted by Gasteiger charge is 2.11. The first-order valence-electron chi connectivity index (χ1n) is 5.12. The van der Waals surface area contributed by atoms with Crippen LogP contribution in [0.3, 0.4) is 0 Å². The monoisotopic (exact) mass is 358 g/mol. The molecule has 0 aliphatic carbocycles. The van der Waals surface area contributed by atoms with Crippen molar-refractivity contribution in [2.24, 2.45) is 0 Å². The van der Waals surface area contributed by atoms with Gasteiger partial charge in [0.1, 0.15) is 0 Å². The number of hydrogen-bond acceptors (Lipinski definition) is 1. The van der Waals surface area contributed by atoms with Crippen LogP contribution in [0.25, 0.3) is 0 Å². The number of benzene rings is 1. The molecule has 0 amide bonds. The summed E-state index contributed by atoms with van der Waals surface area (Å²) in [6.07, 6.45) is 1.10. The second kappa shape index (κ2) is 5.99. The molecule has 1 aromatic carbocycles. The van der Waals surface area contributed by atoms with E-state index < -0.39 is 0 Å². The van der Waals surface area contributed by atoms with Gasteiger partial charge in [-0.1, -0.05) is 44.0 Å². The first kappa shape index (κ1) is 12.3. The number of thiophene rings is 1. The van der Waals surface area contributed by atoms with Crippen molar-refractivity contribution in [1.82, 2.24) is 0 Å².